The maximum Gasteiger partial charge on any atom is 0.187 e. The maximum absolute atomic E-state index is 10.7. The van der Waals surface area contributed by atoms with Crippen LogP contribution in [-0.2, 0) is 9.53 Å². The van der Waals surface area contributed by atoms with Gasteiger partial charge in [-0.1, -0.05) is 0 Å². The Morgan fingerprint density at radius 2 is 2.30 bits per heavy atom. The Morgan fingerprint density at radius 3 is 2.50 bits per heavy atom. The first-order chi connectivity index (χ1) is 4.66. The molecule has 0 aliphatic heterocycles. The number of methoxy groups -OCH3 is 1. The van der Waals surface area contributed by atoms with E-state index in [1.54, 1.807) is 6.92 Å². The highest BCUT2D eigenvalue weighted by molar-refractivity contribution is 5.97. The Balaban J connectivity index is 2.77. The van der Waals surface area contributed by atoms with Gasteiger partial charge in [-0.15, -0.1) is 0 Å². The van der Waals surface area contributed by atoms with E-state index in [0.29, 0.717) is 0 Å². The molecule has 0 bridgehead atoms. The molecule has 10 heavy (non-hydrogen) atoms. The van der Waals surface area contributed by atoms with Crippen LogP contribution >= 0.6 is 0 Å². The summed E-state index contributed by atoms with van der Waals surface area (Å²) in [4.78, 5) is 10.7. The Morgan fingerprint density at radius 1 is 1.70 bits per heavy atom. The van der Waals surface area contributed by atoms with Crippen molar-refractivity contribution < 1.29 is 14.6 Å². The van der Waals surface area contributed by atoms with Crippen molar-refractivity contribution in [3.05, 3.63) is 11.6 Å². The van der Waals surface area contributed by atoms with Crippen molar-refractivity contribution in [3.63, 3.8) is 0 Å². The number of ketones is 1. The number of aliphatic hydroxyl groups excluding tert-OH is 1. The standard InChI is InChI=1S/C7H10O3/c1-4-3-5(8)6(9)7(4)10-2/h3,6-7,9H,1-2H3/t6-,7-/m1/s1. The van der Waals surface area contributed by atoms with Crippen LogP contribution < -0.4 is 0 Å². The van der Waals surface area contributed by atoms with Crippen molar-refractivity contribution in [2.24, 2.45) is 0 Å². The van der Waals surface area contributed by atoms with Gasteiger partial charge in [-0.3, -0.25) is 4.79 Å². The zero-order valence-corrected chi connectivity index (χ0v) is 6.00. The van der Waals surface area contributed by atoms with Crippen molar-refractivity contribution in [3.8, 4) is 0 Å². The van der Waals surface area contributed by atoms with Crippen LogP contribution in [0.5, 0.6) is 0 Å². The fraction of sp³-hybridized carbons (Fsp3) is 0.571. The number of carbonyl (C=O) groups excluding carboxylic acids is 1. The Hall–Kier alpha value is -0.670. The number of rotatable bonds is 1. The molecule has 3 nitrogen and oxygen atoms in total. The number of carbonyl (C=O) groups is 1. The summed E-state index contributed by atoms with van der Waals surface area (Å²) < 4.78 is 4.87. The summed E-state index contributed by atoms with van der Waals surface area (Å²) in [7, 11) is 1.48. The SMILES string of the molecule is CO[C@@H]1C(C)=CC(=O)[C@H]1O. The van der Waals surface area contributed by atoms with Crippen LogP contribution in [0.25, 0.3) is 0 Å². The van der Waals surface area contributed by atoms with Gasteiger partial charge in [0.15, 0.2) is 5.78 Å². The molecule has 1 aliphatic rings. The zero-order chi connectivity index (χ0) is 7.72. The van der Waals surface area contributed by atoms with Crippen LogP contribution in [0.15, 0.2) is 11.6 Å². The first kappa shape index (κ1) is 7.44. The third-order valence-corrected chi connectivity index (χ3v) is 1.65. The first-order valence-corrected chi connectivity index (χ1v) is 3.09. The fourth-order valence-corrected chi connectivity index (χ4v) is 1.10. The van der Waals surface area contributed by atoms with E-state index < -0.39 is 12.2 Å². The van der Waals surface area contributed by atoms with Gasteiger partial charge in [0.05, 0.1) is 0 Å². The van der Waals surface area contributed by atoms with Crippen molar-refractivity contribution in [1.82, 2.24) is 0 Å². The van der Waals surface area contributed by atoms with E-state index in [2.05, 4.69) is 0 Å². The summed E-state index contributed by atoms with van der Waals surface area (Å²) in [5.41, 5.74) is 0.792. The predicted octanol–water partition coefficient (Wildman–Crippen LogP) is -0.109. The third kappa shape index (κ3) is 0.978. The summed E-state index contributed by atoms with van der Waals surface area (Å²) in [6.07, 6.45) is 0.0104. The molecule has 1 rings (SSSR count). The van der Waals surface area contributed by atoms with E-state index in [4.69, 9.17) is 9.84 Å². The normalized spacial score (nSPS) is 32.7. The lowest BCUT2D eigenvalue weighted by atomic mass is 10.2. The second kappa shape index (κ2) is 2.52. The average Bonchev–Trinajstić information content (AvgIpc) is 2.09. The Labute approximate surface area is 59.3 Å². The molecule has 0 aromatic rings. The molecule has 2 atom stereocenters. The van der Waals surface area contributed by atoms with E-state index in [-0.39, 0.29) is 5.78 Å². The molecule has 0 heterocycles. The molecule has 0 saturated heterocycles. The van der Waals surface area contributed by atoms with Gasteiger partial charge in [-0.05, 0) is 18.6 Å². The zero-order valence-electron chi connectivity index (χ0n) is 6.00. The molecule has 1 aliphatic carbocycles. The quantitative estimate of drug-likeness (QED) is 0.555. The number of aliphatic hydroxyl groups is 1. The summed E-state index contributed by atoms with van der Waals surface area (Å²) >= 11 is 0. The number of hydrogen-bond donors (Lipinski definition) is 1. The monoisotopic (exact) mass is 142 g/mol. The van der Waals surface area contributed by atoms with E-state index in [1.165, 1.54) is 13.2 Å². The molecule has 0 radical (unpaired) electrons. The van der Waals surface area contributed by atoms with Gasteiger partial charge in [0, 0.05) is 7.11 Å². The summed E-state index contributed by atoms with van der Waals surface area (Å²) in [5.74, 6) is -0.260. The molecule has 0 fully saturated rings. The molecule has 3 heteroatoms. The average molecular weight is 142 g/mol. The minimum atomic E-state index is -0.981. The molecule has 56 valence electrons. The molecule has 0 spiro atoms. The van der Waals surface area contributed by atoms with Gasteiger partial charge in [0.1, 0.15) is 12.2 Å². The molecule has 0 aromatic heterocycles. The number of ether oxygens (including phenoxy) is 1. The van der Waals surface area contributed by atoms with Crippen molar-refractivity contribution >= 4 is 5.78 Å². The molecular weight excluding hydrogens is 132 g/mol. The van der Waals surface area contributed by atoms with Crippen molar-refractivity contribution in [2.45, 2.75) is 19.1 Å². The fourth-order valence-electron chi connectivity index (χ4n) is 1.10. The topological polar surface area (TPSA) is 46.5 Å². The summed E-state index contributed by atoms with van der Waals surface area (Å²) in [5, 5.41) is 9.10. The highest BCUT2D eigenvalue weighted by Crippen LogP contribution is 2.18. The van der Waals surface area contributed by atoms with Crippen LogP contribution in [0.3, 0.4) is 0 Å². The van der Waals surface area contributed by atoms with Crippen LogP contribution in [0.2, 0.25) is 0 Å². The van der Waals surface area contributed by atoms with Crippen molar-refractivity contribution in [1.29, 1.82) is 0 Å². The highest BCUT2D eigenvalue weighted by atomic mass is 16.5. The number of hydrogen-bond acceptors (Lipinski definition) is 3. The second-order valence-electron chi connectivity index (χ2n) is 2.39. The minimum Gasteiger partial charge on any atom is -0.382 e. The Kier molecular flexibility index (Phi) is 1.87. The van der Waals surface area contributed by atoms with Crippen LogP contribution in [0.4, 0.5) is 0 Å². The van der Waals surface area contributed by atoms with E-state index >= 15 is 0 Å². The molecule has 1 N–H and O–H groups in total. The van der Waals surface area contributed by atoms with Gasteiger partial charge >= 0.3 is 0 Å². The lowest BCUT2D eigenvalue weighted by Crippen LogP contribution is -2.29. The summed E-state index contributed by atoms with van der Waals surface area (Å²) in [6.45, 7) is 1.77. The van der Waals surface area contributed by atoms with E-state index in [0.717, 1.165) is 5.57 Å². The first-order valence-electron chi connectivity index (χ1n) is 3.09. The van der Waals surface area contributed by atoms with Gasteiger partial charge in [0.2, 0.25) is 0 Å². The van der Waals surface area contributed by atoms with E-state index in [9.17, 15) is 4.79 Å². The van der Waals surface area contributed by atoms with E-state index in [1.807, 2.05) is 0 Å². The molecular formula is C7H10O3. The molecule has 0 unspecified atom stereocenters. The second-order valence-corrected chi connectivity index (χ2v) is 2.39. The molecule has 0 amide bonds. The molecule has 0 saturated carbocycles. The lowest BCUT2D eigenvalue weighted by molar-refractivity contribution is -0.125. The lowest BCUT2D eigenvalue weighted by Gasteiger charge is -2.12. The smallest absolute Gasteiger partial charge is 0.187 e. The van der Waals surface area contributed by atoms with Crippen LogP contribution in [0, 0.1) is 0 Å². The Bertz CT molecular complexity index is 183. The minimum absolute atomic E-state index is 0.260. The largest absolute Gasteiger partial charge is 0.382 e. The van der Waals surface area contributed by atoms with Gasteiger partial charge in [0.25, 0.3) is 0 Å². The van der Waals surface area contributed by atoms with Crippen molar-refractivity contribution in [2.75, 3.05) is 7.11 Å². The van der Waals surface area contributed by atoms with Crippen LogP contribution in [-0.4, -0.2) is 30.2 Å². The predicted molar refractivity (Wildman–Crippen MR) is 35.6 cm³/mol. The van der Waals surface area contributed by atoms with Gasteiger partial charge in [-0.2, -0.15) is 0 Å². The maximum atomic E-state index is 10.7. The van der Waals surface area contributed by atoms with Gasteiger partial charge < -0.3 is 9.84 Å². The van der Waals surface area contributed by atoms with Gasteiger partial charge in [-0.25, -0.2) is 0 Å². The molecule has 0 aromatic carbocycles. The summed E-state index contributed by atoms with van der Waals surface area (Å²) in [6, 6.07) is 0. The third-order valence-electron chi connectivity index (χ3n) is 1.65. The van der Waals surface area contributed by atoms with Crippen LogP contribution in [0.1, 0.15) is 6.92 Å². The highest BCUT2D eigenvalue weighted by Gasteiger charge is 2.31.